The molecule has 0 spiro atoms. The van der Waals surface area contributed by atoms with E-state index < -0.39 is 5.60 Å². The molecule has 1 aromatic rings. The second-order valence-electron chi connectivity index (χ2n) is 7.00. The summed E-state index contributed by atoms with van der Waals surface area (Å²) in [7, 11) is 2.06. The summed E-state index contributed by atoms with van der Waals surface area (Å²) in [4.78, 5) is 27.3. The number of nitrogens with zero attached hydrogens (tertiary/aromatic N) is 5. The van der Waals surface area contributed by atoms with Crippen molar-refractivity contribution in [1.82, 2.24) is 19.8 Å². The first-order valence-electron chi connectivity index (χ1n) is 8.14. The van der Waals surface area contributed by atoms with Crippen molar-refractivity contribution in [1.29, 1.82) is 0 Å². The third kappa shape index (κ3) is 3.30. The number of carbonyl (C=O) groups excluding carboxylic acids is 1. The van der Waals surface area contributed by atoms with Crippen molar-refractivity contribution in [3.8, 4) is 0 Å². The SMILES string of the molecule is CC1CN(c2cncc(C(=O)N3CCN(C)CC3)n2)CC1(C)O. The van der Waals surface area contributed by atoms with Crippen molar-refractivity contribution in [2.75, 3.05) is 51.2 Å². The Morgan fingerprint density at radius 2 is 2.00 bits per heavy atom. The van der Waals surface area contributed by atoms with Gasteiger partial charge in [0.25, 0.3) is 5.91 Å². The van der Waals surface area contributed by atoms with Gasteiger partial charge in [0.15, 0.2) is 0 Å². The van der Waals surface area contributed by atoms with Crippen LogP contribution in [0.15, 0.2) is 12.4 Å². The molecule has 0 aliphatic carbocycles. The quantitative estimate of drug-likeness (QED) is 0.832. The predicted octanol–water partition coefficient (Wildman–Crippen LogP) is 0.0713. The molecule has 0 radical (unpaired) electrons. The highest BCUT2D eigenvalue weighted by molar-refractivity contribution is 5.92. The Balaban J connectivity index is 1.74. The molecule has 7 nitrogen and oxygen atoms in total. The molecule has 2 unspecified atom stereocenters. The van der Waals surface area contributed by atoms with Crippen LogP contribution in [0.1, 0.15) is 24.3 Å². The lowest BCUT2D eigenvalue weighted by molar-refractivity contribution is 0.0443. The summed E-state index contributed by atoms with van der Waals surface area (Å²) < 4.78 is 0. The van der Waals surface area contributed by atoms with Crippen LogP contribution in [0.2, 0.25) is 0 Å². The highest BCUT2D eigenvalue weighted by Crippen LogP contribution is 2.29. The number of aromatic nitrogens is 2. The zero-order valence-electron chi connectivity index (χ0n) is 14.1. The molecule has 2 aliphatic heterocycles. The smallest absolute Gasteiger partial charge is 0.274 e. The third-order valence-electron chi connectivity index (χ3n) is 5.02. The van der Waals surface area contributed by atoms with Crippen molar-refractivity contribution in [3.05, 3.63) is 18.1 Å². The Bertz CT molecular complexity index is 584. The molecule has 2 aliphatic rings. The van der Waals surface area contributed by atoms with Crippen LogP contribution >= 0.6 is 0 Å². The summed E-state index contributed by atoms with van der Waals surface area (Å²) in [5.74, 6) is 0.752. The molecule has 1 N–H and O–H groups in total. The van der Waals surface area contributed by atoms with E-state index in [4.69, 9.17) is 0 Å². The molecule has 2 atom stereocenters. The van der Waals surface area contributed by atoms with E-state index in [-0.39, 0.29) is 11.8 Å². The maximum absolute atomic E-state index is 12.6. The molecule has 1 aromatic heterocycles. The first-order valence-corrected chi connectivity index (χ1v) is 8.14. The van der Waals surface area contributed by atoms with E-state index in [9.17, 15) is 9.90 Å². The topological polar surface area (TPSA) is 72.8 Å². The van der Waals surface area contributed by atoms with Crippen LogP contribution in [0.5, 0.6) is 0 Å². The summed E-state index contributed by atoms with van der Waals surface area (Å²) >= 11 is 0. The minimum Gasteiger partial charge on any atom is -0.388 e. The van der Waals surface area contributed by atoms with Gasteiger partial charge in [-0.3, -0.25) is 9.78 Å². The van der Waals surface area contributed by atoms with Gasteiger partial charge in [-0.15, -0.1) is 0 Å². The number of hydrogen-bond acceptors (Lipinski definition) is 6. The molecule has 23 heavy (non-hydrogen) atoms. The number of anilines is 1. The normalized spacial score (nSPS) is 29.1. The molecule has 0 aromatic carbocycles. The van der Waals surface area contributed by atoms with E-state index in [0.29, 0.717) is 24.6 Å². The summed E-state index contributed by atoms with van der Waals surface area (Å²) in [6.07, 6.45) is 3.19. The second-order valence-corrected chi connectivity index (χ2v) is 7.00. The average Bonchev–Trinajstić information content (AvgIpc) is 2.81. The van der Waals surface area contributed by atoms with Gasteiger partial charge in [0.05, 0.1) is 18.0 Å². The number of carbonyl (C=O) groups is 1. The van der Waals surface area contributed by atoms with E-state index in [0.717, 1.165) is 26.2 Å². The van der Waals surface area contributed by atoms with Crippen LogP contribution < -0.4 is 4.90 Å². The molecule has 126 valence electrons. The fourth-order valence-corrected chi connectivity index (χ4v) is 3.09. The first-order chi connectivity index (χ1) is 10.9. The van der Waals surface area contributed by atoms with Crippen molar-refractivity contribution >= 4 is 11.7 Å². The Morgan fingerprint density at radius 3 is 2.61 bits per heavy atom. The van der Waals surface area contributed by atoms with Gasteiger partial charge >= 0.3 is 0 Å². The van der Waals surface area contributed by atoms with Crippen molar-refractivity contribution < 1.29 is 9.90 Å². The van der Waals surface area contributed by atoms with Crippen LogP contribution in [0.25, 0.3) is 0 Å². The molecule has 2 saturated heterocycles. The van der Waals surface area contributed by atoms with Crippen LogP contribution in [0.4, 0.5) is 5.82 Å². The third-order valence-corrected chi connectivity index (χ3v) is 5.02. The number of piperazine rings is 1. The van der Waals surface area contributed by atoms with Crippen LogP contribution in [-0.4, -0.2) is 82.7 Å². The fourth-order valence-electron chi connectivity index (χ4n) is 3.09. The fraction of sp³-hybridized carbons (Fsp3) is 0.688. The van der Waals surface area contributed by atoms with E-state index in [2.05, 4.69) is 21.9 Å². The first kappa shape index (κ1) is 16.1. The summed E-state index contributed by atoms with van der Waals surface area (Å²) in [5, 5.41) is 10.3. The molecule has 7 heteroatoms. The van der Waals surface area contributed by atoms with Crippen molar-refractivity contribution in [2.24, 2.45) is 5.92 Å². The Kier molecular flexibility index (Phi) is 4.25. The maximum Gasteiger partial charge on any atom is 0.274 e. The summed E-state index contributed by atoms with van der Waals surface area (Å²) in [6, 6.07) is 0. The molecule has 1 amide bonds. The summed E-state index contributed by atoms with van der Waals surface area (Å²) in [5.41, 5.74) is -0.356. The Morgan fingerprint density at radius 1 is 1.30 bits per heavy atom. The number of amides is 1. The zero-order valence-corrected chi connectivity index (χ0v) is 14.1. The van der Waals surface area contributed by atoms with Gasteiger partial charge in [-0.05, 0) is 14.0 Å². The standard InChI is InChI=1S/C16H25N5O2/c1-12-10-21(11-16(12,2)23)14-9-17-8-13(18-14)15(22)20-6-4-19(3)5-7-20/h8-9,12,23H,4-7,10-11H2,1-3H3. The number of rotatable bonds is 2. The maximum atomic E-state index is 12.6. The lowest BCUT2D eigenvalue weighted by atomic mass is 9.95. The molecule has 3 rings (SSSR count). The number of aliphatic hydroxyl groups is 1. The van der Waals surface area contributed by atoms with E-state index in [1.807, 2.05) is 23.6 Å². The minimum absolute atomic E-state index is 0.0635. The average molecular weight is 319 g/mol. The van der Waals surface area contributed by atoms with Crippen molar-refractivity contribution in [2.45, 2.75) is 19.4 Å². The van der Waals surface area contributed by atoms with E-state index in [1.165, 1.54) is 6.20 Å². The highest BCUT2D eigenvalue weighted by atomic mass is 16.3. The largest absolute Gasteiger partial charge is 0.388 e. The lowest BCUT2D eigenvalue weighted by Crippen LogP contribution is -2.47. The van der Waals surface area contributed by atoms with Crippen LogP contribution in [0, 0.1) is 5.92 Å². The van der Waals surface area contributed by atoms with Gasteiger partial charge in [0.2, 0.25) is 0 Å². The van der Waals surface area contributed by atoms with Gasteiger partial charge in [-0.1, -0.05) is 6.92 Å². The number of hydrogen-bond donors (Lipinski definition) is 1. The zero-order chi connectivity index (χ0) is 16.6. The molecular formula is C16H25N5O2. The number of likely N-dealkylation sites (N-methyl/N-ethyl adjacent to an activating group) is 1. The van der Waals surface area contributed by atoms with Gasteiger partial charge in [0.1, 0.15) is 11.5 Å². The van der Waals surface area contributed by atoms with Gasteiger partial charge in [0, 0.05) is 45.2 Å². The number of β-amino-alcohol motifs (C(OH)–C–C–N with tert-alkyl or cyclic N) is 1. The lowest BCUT2D eigenvalue weighted by Gasteiger charge is -2.32. The van der Waals surface area contributed by atoms with Gasteiger partial charge < -0.3 is 19.8 Å². The predicted molar refractivity (Wildman–Crippen MR) is 87.4 cm³/mol. The van der Waals surface area contributed by atoms with E-state index in [1.54, 1.807) is 6.20 Å². The van der Waals surface area contributed by atoms with Crippen LogP contribution in [0.3, 0.4) is 0 Å². The summed E-state index contributed by atoms with van der Waals surface area (Å²) in [6.45, 7) is 8.28. The van der Waals surface area contributed by atoms with Crippen molar-refractivity contribution in [3.63, 3.8) is 0 Å². The van der Waals surface area contributed by atoms with E-state index >= 15 is 0 Å². The monoisotopic (exact) mass is 319 g/mol. The molecule has 2 fully saturated rings. The Labute approximate surface area is 136 Å². The minimum atomic E-state index is -0.737. The second kappa shape index (κ2) is 6.05. The van der Waals surface area contributed by atoms with Gasteiger partial charge in [-0.2, -0.15) is 0 Å². The molecule has 0 bridgehead atoms. The molecule has 3 heterocycles. The Hall–Kier alpha value is -1.73. The highest BCUT2D eigenvalue weighted by Gasteiger charge is 2.39. The molecular weight excluding hydrogens is 294 g/mol. The van der Waals surface area contributed by atoms with Crippen LogP contribution in [-0.2, 0) is 0 Å². The molecule has 0 saturated carbocycles. The van der Waals surface area contributed by atoms with Gasteiger partial charge in [-0.25, -0.2) is 4.98 Å².